The smallest absolute Gasteiger partial charge is 0.351 e. The number of fused-ring (bicyclic) bond motifs is 1. The monoisotopic (exact) mass is 417 g/mol. The van der Waals surface area contributed by atoms with Gasteiger partial charge in [-0.1, -0.05) is 0 Å². The minimum atomic E-state index is -0.707. The van der Waals surface area contributed by atoms with Gasteiger partial charge >= 0.3 is 5.97 Å². The van der Waals surface area contributed by atoms with Crippen molar-refractivity contribution in [3.05, 3.63) is 28.3 Å². The number of pyridine rings is 1. The molecule has 11 heteroatoms. The van der Waals surface area contributed by atoms with Crippen LogP contribution in [-0.4, -0.2) is 47.7 Å². The highest BCUT2D eigenvalue weighted by atomic mass is 32.1. The molecule has 0 bridgehead atoms. The summed E-state index contributed by atoms with van der Waals surface area (Å²) in [5.74, 6) is -0.958. The molecule has 0 spiro atoms. The van der Waals surface area contributed by atoms with Crippen LogP contribution in [0, 0.1) is 13.8 Å². The van der Waals surface area contributed by atoms with Crippen molar-refractivity contribution in [1.82, 2.24) is 15.0 Å². The molecule has 0 aliphatic heterocycles. The number of esters is 1. The fourth-order valence-electron chi connectivity index (χ4n) is 2.65. The minimum absolute atomic E-state index is 0.0427. The van der Waals surface area contributed by atoms with Crippen LogP contribution < -0.4 is 20.5 Å². The summed E-state index contributed by atoms with van der Waals surface area (Å²) in [4.78, 5) is 37.7. The average molecular weight is 417 g/mol. The van der Waals surface area contributed by atoms with E-state index in [1.165, 1.54) is 20.3 Å². The summed E-state index contributed by atoms with van der Waals surface area (Å²) in [6, 6.07) is 3.34. The number of nitrogens with one attached hydrogen (secondary N) is 1. The summed E-state index contributed by atoms with van der Waals surface area (Å²) in [6.45, 7) is 3.21. The summed E-state index contributed by atoms with van der Waals surface area (Å²) in [5.41, 5.74) is 8.14. The van der Waals surface area contributed by atoms with E-state index in [9.17, 15) is 9.59 Å². The Morgan fingerprint density at radius 1 is 1.10 bits per heavy atom. The second-order valence-corrected chi connectivity index (χ2v) is 7.01. The molecule has 3 heterocycles. The highest BCUT2D eigenvalue weighted by molar-refractivity contribution is 7.21. The second kappa shape index (κ2) is 8.27. The number of amides is 1. The van der Waals surface area contributed by atoms with Crippen molar-refractivity contribution >= 4 is 45.1 Å². The lowest BCUT2D eigenvalue weighted by Crippen LogP contribution is -2.22. The van der Waals surface area contributed by atoms with Gasteiger partial charge in [-0.3, -0.25) is 10.1 Å². The zero-order valence-electron chi connectivity index (χ0n) is 16.2. The average Bonchev–Trinajstić information content (AvgIpc) is 3.02. The van der Waals surface area contributed by atoms with Crippen molar-refractivity contribution in [3.8, 4) is 11.8 Å². The Kier molecular flexibility index (Phi) is 5.78. The van der Waals surface area contributed by atoms with Crippen LogP contribution in [0.1, 0.15) is 20.9 Å². The summed E-state index contributed by atoms with van der Waals surface area (Å²) in [7, 11) is 2.84. The number of methoxy groups -OCH3 is 2. The molecular weight excluding hydrogens is 398 g/mol. The molecule has 0 aromatic carbocycles. The maximum Gasteiger partial charge on any atom is 0.351 e. The quantitative estimate of drug-likeness (QED) is 0.577. The molecule has 0 saturated carbocycles. The van der Waals surface area contributed by atoms with Crippen LogP contribution in [0.15, 0.2) is 12.1 Å². The molecule has 0 atom stereocenters. The van der Waals surface area contributed by atoms with Gasteiger partial charge in [-0.2, -0.15) is 9.97 Å². The molecule has 0 fully saturated rings. The van der Waals surface area contributed by atoms with E-state index in [0.717, 1.165) is 22.6 Å². The number of rotatable bonds is 6. The van der Waals surface area contributed by atoms with Gasteiger partial charge in [0.25, 0.3) is 5.91 Å². The lowest BCUT2D eigenvalue weighted by Gasteiger charge is -2.08. The Labute approximate surface area is 170 Å². The molecule has 0 radical (unpaired) electrons. The zero-order chi connectivity index (χ0) is 21.1. The van der Waals surface area contributed by atoms with Gasteiger partial charge in [0.15, 0.2) is 6.61 Å². The molecule has 3 rings (SSSR count). The van der Waals surface area contributed by atoms with Crippen molar-refractivity contribution in [1.29, 1.82) is 0 Å². The molecule has 3 aromatic heterocycles. The van der Waals surface area contributed by atoms with Gasteiger partial charge in [0, 0.05) is 11.1 Å². The van der Waals surface area contributed by atoms with Gasteiger partial charge in [0.05, 0.1) is 26.0 Å². The van der Waals surface area contributed by atoms with E-state index in [1.54, 1.807) is 0 Å². The maximum atomic E-state index is 12.4. The van der Waals surface area contributed by atoms with Crippen LogP contribution in [0.3, 0.4) is 0 Å². The van der Waals surface area contributed by atoms with Gasteiger partial charge in [0.2, 0.25) is 17.7 Å². The van der Waals surface area contributed by atoms with Crippen molar-refractivity contribution < 1.29 is 23.8 Å². The third-order valence-corrected chi connectivity index (χ3v) is 4.97. The highest BCUT2D eigenvalue weighted by Crippen LogP contribution is 2.35. The number of nitrogens with zero attached hydrogens (tertiary/aromatic N) is 3. The number of hydrogen-bond donors (Lipinski definition) is 2. The fourth-order valence-corrected chi connectivity index (χ4v) is 3.76. The SMILES string of the molecule is COc1cc(OC)nc(NC(=O)COC(=O)c2sc3nc(C)cc(C)c3c2N)n1. The Morgan fingerprint density at radius 2 is 1.76 bits per heavy atom. The molecule has 0 saturated heterocycles. The fraction of sp³-hybridized carbons (Fsp3) is 0.278. The third kappa shape index (κ3) is 4.35. The number of nitrogens with two attached hydrogens (primary N) is 1. The predicted octanol–water partition coefficient (Wildman–Crippen LogP) is 2.10. The van der Waals surface area contributed by atoms with Crippen LogP contribution in [0.4, 0.5) is 11.6 Å². The van der Waals surface area contributed by atoms with Gasteiger partial charge in [0.1, 0.15) is 9.71 Å². The van der Waals surface area contributed by atoms with Crippen molar-refractivity contribution in [2.45, 2.75) is 13.8 Å². The molecule has 29 heavy (non-hydrogen) atoms. The number of aryl methyl sites for hydroxylation is 2. The van der Waals surface area contributed by atoms with Crippen molar-refractivity contribution in [2.75, 3.05) is 31.9 Å². The lowest BCUT2D eigenvalue weighted by atomic mass is 10.1. The number of hydrogen-bond acceptors (Lipinski definition) is 10. The number of thiophene rings is 1. The second-order valence-electron chi connectivity index (χ2n) is 6.01. The van der Waals surface area contributed by atoms with Crippen LogP contribution in [0.5, 0.6) is 11.8 Å². The molecular formula is C18H19N5O5S. The van der Waals surface area contributed by atoms with Gasteiger partial charge in [-0.05, 0) is 25.5 Å². The van der Waals surface area contributed by atoms with Crippen molar-refractivity contribution in [2.24, 2.45) is 0 Å². The van der Waals surface area contributed by atoms with Crippen LogP contribution in [0.2, 0.25) is 0 Å². The zero-order valence-corrected chi connectivity index (χ0v) is 17.0. The Balaban J connectivity index is 1.69. The van der Waals surface area contributed by atoms with Crippen molar-refractivity contribution in [3.63, 3.8) is 0 Å². The first-order chi connectivity index (χ1) is 13.8. The van der Waals surface area contributed by atoms with Crippen LogP contribution in [0.25, 0.3) is 10.2 Å². The first-order valence-corrected chi connectivity index (χ1v) is 9.24. The largest absolute Gasteiger partial charge is 0.481 e. The van der Waals surface area contributed by atoms with Gasteiger partial charge < -0.3 is 19.9 Å². The van der Waals surface area contributed by atoms with E-state index in [0.29, 0.717) is 15.9 Å². The first kappa shape index (κ1) is 20.3. The van der Waals surface area contributed by atoms with Crippen LogP contribution in [-0.2, 0) is 9.53 Å². The molecule has 1 amide bonds. The number of nitrogen functional groups attached to an aromatic ring is 1. The topological polar surface area (TPSA) is 139 Å². The maximum absolute atomic E-state index is 12.4. The normalized spacial score (nSPS) is 10.6. The summed E-state index contributed by atoms with van der Waals surface area (Å²) < 4.78 is 15.1. The number of carbonyl (C=O) groups is 2. The number of anilines is 2. The van der Waals surface area contributed by atoms with E-state index in [4.69, 9.17) is 19.9 Å². The Bertz CT molecular complexity index is 1080. The summed E-state index contributed by atoms with van der Waals surface area (Å²) in [6.07, 6.45) is 0. The summed E-state index contributed by atoms with van der Waals surface area (Å²) >= 11 is 1.13. The Hall–Kier alpha value is -3.47. The molecule has 0 aliphatic carbocycles. The van der Waals surface area contributed by atoms with Gasteiger partial charge in [-0.15, -0.1) is 11.3 Å². The standard InChI is InChI=1S/C18H19N5O5S/c1-8-5-9(2)20-16-13(8)14(19)15(29-16)17(25)28-7-10(24)21-18-22-11(26-3)6-12(23-18)27-4/h5-6H,7,19H2,1-4H3,(H,21,22,23,24). The summed E-state index contributed by atoms with van der Waals surface area (Å²) in [5, 5.41) is 3.13. The van der Waals surface area contributed by atoms with E-state index in [2.05, 4.69) is 20.3 Å². The molecule has 3 N–H and O–H groups in total. The van der Waals surface area contributed by atoms with E-state index >= 15 is 0 Å². The number of ether oxygens (including phenoxy) is 3. The van der Waals surface area contributed by atoms with E-state index < -0.39 is 18.5 Å². The molecule has 152 valence electrons. The minimum Gasteiger partial charge on any atom is -0.481 e. The predicted molar refractivity (Wildman–Crippen MR) is 108 cm³/mol. The lowest BCUT2D eigenvalue weighted by molar-refractivity contribution is -0.119. The number of carbonyl (C=O) groups excluding carboxylic acids is 2. The van der Waals surface area contributed by atoms with E-state index in [1.807, 2.05) is 19.9 Å². The molecule has 0 unspecified atom stereocenters. The molecule has 10 nitrogen and oxygen atoms in total. The molecule has 3 aromatic rings. The molecule has 0 aliphatic rings. The Morgan fingerprint density at radius 3 is 2.38 bits per heavy atom. The first-order valence-electron chi connectivity index (χ1n) is 8.42. The van der Waals surface area contributed by atoms with E-state index in [-0.39, 0.29) is 22.6 Å². The highest BCUT2D eigenvalue weighted by Gasteiger charge is 2.21. The number of aromatic nitrogens is 3. The van der Waals surface area contributed by atoms with Crippen LogP contribution >= 0.6 is 11.3 Å². The third-order valence-electron chi connectivity index (χ3n) is 3.89. The van der Waals surface area contributed by atoms with Gasteiger partial charge in [-0.25, -0.2) is 9.78 Å².